The Morgan fingerprint density at radius 2 is 1.90 bits per heavy atom. The summed E-state index contributed by atoms with van der Waals surface area (Å²) in [5.41, 5.74) is 1.73. The minimum atomic E-state index is -0.591. The molecule has 2 aromatic carbocycles. The van der Waals surface area contributed by atoms with E-state index in [1.54, 1.807) is 14.0 Å². The van der Waals surface area contributed by atoms with Gasteiger partial charge < -0.3 is 14.6 Å². The molecule has 5 heteroatoms. The zero-order chi connectivity index (χ0) is 15.4. The minimum absolute atomic E-state index is 0.388. The molecule has 2 aromatic rings. The summed E-state index contributed by atoms with van der Waals surface area (Å²) in [4.78, 5) is 0. The highest BCUT2D eigenvalue weighted by molar-refractivity contribution is 9.10. The quantitative estimate of drug-likeness (QED) is 0.758. The van der Waals surface area contributed by atoms with Gasteiger partial charge >= 0.3 is 0 Å². The number of methoxy groups -OCH3 is 1. The lowest BCUT2D eigenvalue weighted by atomic mass is 10.1. The summed E-state index contributed by atoms with van der Waals surface area (Å²) in [7, 11) is 1.63. The molecule has 0 saturated carbocycles. The van der Waals surface area contributed by atoms with Gasteiger partial charge in [0.2, 0.25) is 0 Å². The number of halogens is 2. The van der Waals surface area contributed by atoms with Crippen molar-refractivity contribution in [1.82, 2.24) is 0 Å². The van der Waals surface area contributed by atoms with Gasteiger partial charge in [-0.25, -0.2) is 0 Å². The van der Waals surface area contributed by atoms with Gasteiger partial charge in [-0.1, -0.05) is 31.9 Å². The van der Waals surface area contributed by atoms with E-state index in [9.17, 15) is 5.11 Å². The second-order valence-electron chi connectivity index (χ2n) is 4.60. The zero-order valence-corrected chi connectivity index (χ0v) is 14.9. The van der Waals surface area contributed by atoms with Gasteiger partial charge in [0.05, 0.1) is 13.2 Å². The van der Waals surface area contributed by atoms with Crippen LogP contribution in [0.1, 0.15) is 24.2 Å². The number of hydrogen-bond acceptors (Lipinski definition) is 3. The molecule has 0 radical (unpaired) electrons. The highest BCUT2D eigenvalue weighted by Gasteiger charge is 2.11. The van der Waals surface area contributed by atoms with Crippen molar-refractivity contribution in [3.63, 3.8) is 0 Å². The molecular weight excluding hydrogens is 400 g/mol. The van der Waals surface area contributed by atoms with Crippen molar-refractivity contribution in [3.05, 3.63) is 56.5 Å². The smallest absolute Gasteiger partial charge is 0.125 e. The van der Waals surface area contributed by atoms with Crippen LogP contribution in [0.15, 0.2) is 45.3 Å². The first kappa shape index (κ1) is 16.3. The topological polar surface area (TPSA) is 38.7 Å². The second-order valence-corrected chi connectivity index (χ2v) is 6.37. The second kappa shape index (κ2) is 7.29. The van der Waals surface area contributed by atoms with E-state index in [-0.39, 0.29) is 0 Å². The summed E-state index contributed by atoms with van der Waals surface area (Å²) < 4.78 is 12.9. The molecule has 3 nitrogen and oxygen atoms in total. The lowest BCUT2D eigenvalue weighted by molar-refractivity contribution is 0.190. The maximum Gasteiger partial charge on any atom is 0.125 e. The van der Waals surface area contributed by atoms with Crippen molar-refractivity contribution in [1.29, 1.82) is 0 Å². The number of ether oxygens (including phenoxy) is 2. The van der Waals surface area contributed by atoms with Crippen LogP contribution in [0.3, 0.4) is 0 Å². The maximum atomic E-state index is 9.83. The van der Waals surface area contributed by atoms with Crippen LogP contribution in [-0.2, 0) is 6.61 Å². The van der Waals surface area contributed by atoms with Crippen molar-refractivity contribution < 1.29 is 14.6 Å². The average molecular weight is 416 g/mol. The van der Waals surface area contributed by atoms with Gasteiger partial charge in [0.1, 0.15) is 18.1 Å². The Bertz CT molecular complexity index is 627. The van der Waals surface area contributed by atoms with E-state index in [1.165, 1.54) is 0 Å². The predicted octanol–water partition coefficient (Wildman–Crippen LogP) is 4.85. The summed E-state index contributed by atoms with van der Waals surface area (Å²) in [5, 5.41) is 9.83. The van der Waals surface area contributed by atoms with Crippen molar-refractivity contribution in [2.45, 2.75) is 19.6 Å². The number of aliphatic hydroxyl groups is 1. The van der Waals surface area contributed by atoms with Crippen molar-refractivity contribution >= 4 is 31.9 Å². The number of hydrogen-bond donors (Lipinski definition) is 1. The number of benzene rings is 2. The summed E-state index contributed by atoms with van der Waals surface area (Å²) in [6.07, 6.45) is -0.591. The van der Waals surface area contributed by atoms with Crippen molar-refractivity contribution in [2.24, 2.45) is 0 Å². The molecule has 0 spiro atoms. The molecular formula is C16H16Br2O3. The monoisotopic (exact) mass is 414 g/mol. The van der Waals surface area contributed by atoms with E-state index < -0.39 is 6.10 Å². The first-order valence-electron chi connectivity index (χ1n) is 6.44. The van der Waals surface area contributed by atoms with E-state index in [4.69, 9.17) is 9.47 Å². The van der Waals surface area contributed by atoms with E-state index in [0.717, 1.165) is 25.8 Å². The standard InChI is InChI=1S/C16H16Br2O3/c1-10(19)14-8-12(17)3-6-16(14)21-9-11-7-13(20-2)4-5-15(11)18/h3-8,10,19H,9H2,1-2H3/t10-/m0/s1. The Labute approximate surface area is 141 Å². The fraction of sp³-hybridized carbons (Fsp3) is 0.250. The van der Waals surface area contributed by atoms with Gasteiger partial charge in [0.15, 0.2) is 0 Å². The zero-order valence-electron chi connectivity index (χ0n) is 11.8. The van der Waals surface area contributed by atoms with Crippen molar-refractivity contribution in [3.8, 4) is 11.5 Å². The predicted molar refractivity (Wildman–Crippen MR) is 89.8 cm³/mol. The van der Waals surface area contributed by atoms with Gasteiger partial charge in [-0.05, 0) is 43.3 Å². The van der Waals surface area contributed by atoms with Gasteiger partial charge in [-0.3, -0.25) is 0 Å². The van der Waals surface area contributed by atoms with Crippen LogP contribution in [0.25, 0.3) is 0 Å². The molecule has 1 N–H and O–H groups in total. The normalized spacial score (nSPS) is 12.0. The molecule has 1 atom stereocenters. The maximum absolute atomic E-state index is 9.83. The minimum Gasteiger partial charge on any atom is -0.497 e. The molecule has 2 rings (SSSR count). The van der Waals surface area contributed by atoms with E-state index >= 15 is 0 Å². The lowest BCUT2D eigenvalue weighted by Gasteiger charge is -2.15. The molecule has 0 saturated heterocycles. The Morgan fingerprint density at radius 1 is 1.14 bits per heavy atom. The van der Waals surface area contributed by atoms with Crippen LogP contribution in [0.5, 0.6) is 11.5 Å². The fourth-order valence-corrected chi connectivity index (χ4v) is 2.66. The molecule has 0 unspecified atom stereocenters. The third kappa shape index (κ3) is 4.22. The Morgan fingerprint density at radius 3 is 2.57 bits per heavy atom. The summed E-state index contributed by atoms with van der Waals surface area (Å²) in [5.74, 6) is 1.45. The molecule has 0 heterocycles. The fourth-order valence-electron chi connectivity index (χ4n) is 1.92. The van der Waals surface area contributed by atoms with Crippen LogP contribution in [0, 0.1) is 0 Å². The van der Waals surface area contributed by atoms with Gasteiger partial charge in [-0.15, -0.1) is 0 Å². The molecule has 0 aliphatic carbocycles. The van der Waals surface area contributed by atoms with Crippen molar-refractivity contribution in [2.75, 3.05) is 7.11 Å². The summed E-state index contributed by atoms with van der Waals surface area (Å²) >= 11 is 6.90. The summed E-state index contributed by atoms with van der Waals surface area (Å²) in [6.45, 7) is 2.11. The first-order chi connectivity index (χ1) is 10.0. The lowest BCUT2D eigenvalue weighted by Crippen LogP contribution is -2.02. The average Bonchev–Trinajstić information content (AvgIpc) is 2.47. The van der Waals surface area contributed by atoms with Crippen LogP contribution in [0.2, 0.25) is 0 Å². The molecule has 0 aromatic heterocycles. The molecule has 112 valence electrons. The first-order valence-corrected chi connectivity index (χ1v) is 8.02. The highest BCUT2D eigenvalue weighted by atomic mass is 79.9. The van der Waals surface area contributed by atoms with Gasteiger partial charge in [-0.2, -0.15) is 0 Å². The van der Waals surface area contributed by atoms with E-state index in [0.29, 0.717) is 12.4 Å². The summed E-state index contributed by atoms with van der Waals surface area (Å²) in [6, 6.07) is 11.3. The van der Waals surface area contributed by atoms with Crippen LogP contribution >= 0.6 is 31.9 Å². The molecule has 0 aliphatic rings. The Hall–Kier alpha value is -1.04. The molecule has 21 heavy (non-hydrogen) atoms. The molecule has 0 amide bonds. The van der Waals surface area contributed by atoms with Gasteiger partial charge in [0, 0.05) is 20.1 Å². The van der Waals surface area contributed by atoms with Crippen LogP contribution < -0.4 is 9.47 Å². The van der Waals surface area contributed by atoms with Crippen LogP contribution in [0.4, 0.5) is 0 Å². The van der Waals surface area contributed by atoms with E-state index in [1.807, 2.05) is 36.4 Å². The van der Waals surface area contributed by atoms with E-state index in [2.05, 4.69) is 31.9 Å². The Kier molecular flexibility index (Phi) is 5.67. The Balaban J connectivity index is 2.20. The van der Waals surface area contributed by atoms with Crippen LogP contribution in [-0.4, -0.2) is 12.2 Å². The highest BCUT2D eigenvalue weighted by Crippen LogP contribution is 2.30. The third-order valence-corrected chi connectivity index (χ3v) is 4.32. The molecule has 0 bridgehead atoms. The SMILES string of the molecule is COc1ccc(Br)c(COc2ccc(Br)cc2[C@H](C)O)c1. The largest absolute Gasteiger partial charge is 0.497 e. The number of aliphatic hydroxyl groups excluding tert-OH is 1. The number of rotatable bonds is 5. The molecule has 0 fully saturated rings. The molecule has 0 aliphatic heterocycles. The van der Waals surface area contributed by atoms with Gasteiger partial charge in [0.25, 0.3) is 0 Å². The third-order valence-electron chi connectivity index (χ3n) is 3.06.